The quantitative estimate of drug-likeness (QED) is 0.768. The number of aromatic nitrogens is 3. The Morgan fingerprint density at radius 2 is 2.06 bits per heavy atom. The number of nitrogens with zero attached hydrogens (tertiary/aromatic N) is 3. The lowest BCUT2D eigenvalue weighted by atomic mass is 9.89. The molecule has 5 heteroatoms. The molecule has 0 saturated heterocycles. The largest absolute Gasteiger partial charge is 0.344 e. The second kappa shape index (κ2) is 3.63. The van der Waals surface area contributed by atoms with Gasteiger partial charge in [-0.05, 0) is 11.6 Å². The Balaban J connectivity index is 2.57. The van der Waals surface area contributed by atoms with Crippen LogP contribution in [0, 0.1) is 0 Å². The lowest BCUT2D eigenvalue weighted by molar-refractivity contribution is 0.424. The fraction of sp³-hybridized carbons (Fsp3) is 0.455. The van der Waals surface area contributed by atoms with Gasteiger partial charge in [0.2, 0.25) is 5.22 Å². The van der Waals surface area contributed by atoms with Crippen LogP contribution in [0.25, 0.3) is 11.3 Å². The highest BCUT2D eigenvalue weighted by Gasteiger charge is 2.24. The average molecular weight is 240 g/mol. The fourth-order valence-electron chi connectivity index (χ4n) is 1.61. The SMILES string of the molecule is Cn1cc(-c2cc(Cl)on2)c(C(C)(C)C)n1. The predicted octanol–water partition coefficient (Wildman–Crippen LogP) is 3.03. The molecule has 0 bridgehead atoms. The van der Waals surface area contributed by atoms with Crippen molar-refractivity contribution in [2.24, 2.45) is 7.05 Å². The van der Waals surface area contributed by atoms with Crippen LogP contribution in [0.1, 0.15) is 26.5 Å². The first kappa shape index (κ1) is 11.2. The molecule has 0 aliphatic heterocycles. The third-order valence-corrected chi connectivity index (χ3v) is 2.47. The van der Waals surface area contributed by atoms with Gasteiger partial charge in [-0.15, -0.1) is 0 Å². The minimum absolute atomic E-state index is 0.0397. The number of rotatable bonds is 1. The van der Waals surface area contributed by atoms with Gasteiger partial charge in [0.25, 0.3) is 0 Å². The Hall–Kier alpha value is -1.29. The van der Waals surface area contributed by atoms with Crippen molar-refractivity contribution in [3.8, 4) is 11.3 Å². The van der Waals surface area contributed by atoms with Crippen molar-refractivity contribution in [3.05, 3.63) is 23.2 Å². The molecule has 2 heterocycles. The van der Waals surface area contributed by atoms with E-state index in [-0.39, 0.29) is 5.41 Å². The number of aryl methyl sites for hydroxylation is 1. The molecule has 2 aromatic heterocycles. The van der Waals surface area contributed by atoms with E-state index in [2.05, 4.69) is 31.0 Å². The summed E-state index contributed by atoms with van der Waals surface area (Å²) in [7, 11) is 1.89. The van der Waals surface area contributed by atoms with Crippen LogP contribution in [-0.2, 0) is 12.5 Å². The fourth-order valence-corrected chi connectivity index (χ4v) is 1.75. The van der Waals surface area contributed by atoms with Crippen molar-refractivity contribution in [1.82, 2.24) is 14.9 Å². The highest BCUT2D eigenvalue weighted by atomic mass is 35.5. The molecule has 0 atom stereocenters. The minimum Gasteiger partial charge on any atom is -0.344 e. The van der Waals surface area contributed by atoms with Gasteiger partial charge in [-0.1, -0.05) is 25.9 Å². The second-order valence-electron chi connectivity index (χ2n) is 4.83. The standard InChI is InChI=1S/C11H14ClN3O/c1-11(2,3)10-7(6-15(4)13-10)8-5-9(12)16-14-8/h5-6H,1-4H3. The van der Waals surface area contributed by atoms with Crippen LogP contribution < -0.4 is 0 Å². The molecule has 0 aliphatic carbocycles. The maximum atomic E-state index is 5.73. The molecular formula is C11H14ClN3O. The lowest BCUT2D eigenvalue weighted by Gasteiger charge is -2.16. The summed E-state index contributed by atoms with van der Waals surface area (Å²) in [6, 6.07) is 1.70. The molecule has 16 heavy (non-hydrogen) atoms. The molecule has 0 aliphatic rings. The van der Waals surface area contributed by atoms with E-state index in [0.717, 1.165) is 17.0 Å². The van der Waals surface area contributed by atoms with Crippen molar-refractivity contribution in [1.29, 1.82) is 0 Å². The summed E-state index contributed by atoms with van der Waals surface area (Å²) in [5.74, 6) is 0. The van der Waals surface area contributed by atoms with Crippen LogP contribution in [0.5, 0.6) is 0 Å². The van der Waals surface area contributed by atoms with Crippen molar-refractivity contribution in [2.75, 3.05) is 0 Å². The number of hydrogen-bond donors (Lipinski definition) is 0. The monoisotopic (exact) mass is 239 g/mol. The maximum absolute atomic E-state index is 5.73. The van der Waals surface area contributed by atoms with Crippen LogP contribution in [0.2, 0.25) is 5.22 Å². The number of halogens is 1. The summed E-state index contributed by atoms with van der Waals surface area (Å²) in [4.78, 5) is 0. The van der Waals surface area contributed by atoms with Gasteiger partial charge >= 0.3 is 0 Å². The highest BCUT2D eigenvalue weighted by molar-refractivity contribution is 6.29. The van der Waals surface area contributed by atoms with E-state index in [1.807, 2.05) is 13.2 Å². The van der Waals surface area contributed by atoms with E-state index in [1.165, 1.54) is 0 Å². The van der Waals surface area contributed by atoms with Crippen LogP contribution >= 0.6 is 11.6 Å². The lowest BCUT2D eigenvalue weighted by Crippen LogP contribution is -2.13. The second-order valence-corrected chi connectivity index (χ2v) is 5.20. The Morgan fingerprint density at radius 1 is 1.38 bits per heavy atom. The highest BCUT2D eigenvalue weighted by Crippen LogP contribution is 2.31. The van der Waals surface area contributed by atoms with Gasteiger partial charge in [0.05, 0.1) is 5.69 Å². The molecule has 0 N–H and O–H groups in total. The van der Waals surface area contributed by atoms with Crippen molar-refractivity contribution >= 4 is 11.6 Å². The van der Waals surface area contributed by atoms with Crippen LogP contribution in [0.15, 0.2) is 16.8 Å². The van der Waals surface area contributed by atoms with Gasteiger partial charge in [0, 0.05) is 30.3 Å². The third-order valence-electron chi connectivity index (χ3n) is 2.30. The zero-order valence-corrected chi connectivity index (χ0v) is 10.5. The van der Waals surface area contributed by atoms with Crippen molar-refractivity contribution in [2.45, 2.75) is 26.2 Å². The average Bonchev–Trinajstić information content (AvgIpc) is 2.70. The van der Waals surface area contributed by atoms with Crippen molar-refractivity contribution in [3.63, 3.8) is 0 Å². The molecule has 0 radical (unpaired) electrons. The van der Waals surface area contributed by atoms with Gasteiger partial charge in [0.15, 0.2) is 0 Å². The summed E-state index contributed by atoms with van der Waals surface area (Å²) in [6.45, 7) is 6.33. The summed E-state index contributed by atoms with van der Waals surface area (Å²) in [5, 5.41) is 8.66. The predicted molar refractivity (Wildman–Crippen MR) is 62.4 cm³/mol. The molecule has 0 unspecified atom stereocenters. The Morgan fingerprint density at radius 3 is 2.56 bits per heavy atom. The molecule has 86 valence electrons. The molecule has 0 aromatic carbocycles. The molecule has 2 rings (SSSR count). The van der Waals surface area contributed by atoms with Gasteiger partial charge in [0.1, 0.15) is 5.69 Å². The third kappa shape index (κ3) is 1.97. The summed E-state index contributed by atoms with van der Waals surface area (Å²) < 4.78 is 6.65. The van der Waals surface area contributed by atoms with Crippen LogP contribution in [0.3, 0.4) is 0 Å². The summed E-state index contributed by atoms with van der Waals surface area (Å²) >= 11 is 5.73. The summed E-state index contributed by atoms with van der Waals surface area (Å²) in [5.41, 5.74) is 2.64. The van der Waals surface area contributed by atoms with Gasteiger partial charge in [-0.25, -0.2) is 0 Å². The van der Waals surface area contributed by atoms with Crippen molar-refractivity contribution < 1.29 is 4.52 Å². The molecular weight excluding hydrogens is 226 g/mol. The van der Waals surface area contributed by atoms with Gasteiger partial charge < -0.3 is 4.52 Å². The maximum Gasteiger partial charge on any atom is 0.226 e. The molecule has 0 fully saturated rings. The zero-order valence-electron chi connectivity index (χ0n) is 9.78. The van der Waals surface area contributed by atoms with E-state index in [9.17, 15) is 0 Å². The van der Waals surface area contributed by atoms with E-state index in [4.69, 9.17) is 16.1 Å². The van der Waals surface area contributed by atoms with Crippen LogP contribution in [-0.4, -0.2) is 14.9 Å². The first-order valence-electron chi connectivity index (χ1n) is 5.04. The Kier molecular flexibility index (Phi) is 2.54. The Bertz CT molecular complexity index is 508. The van der Waals surface area contributed by atoms with E-state index in [0.29, 0.717) is 5.22 Å². The molecule has 4 nitrogen and oxygen atoms in total. The molecule has 0 amide bonds. The summed E-state index contributed by atoms with van der Waals surface area (Å²) in [6.07, 6.45) is 1.93. The Labute approximate surface area is 99.2 Å². The zero-order chi connectivity index (χ0) is 11.9. The van der Waals surface area contributed by atoms with E-state index < -0.39 is 0 Å². The van der Waals surface area contributed by atoms with E-state index >= 15 is 0 Å². The van der Waals surface area contributed by atoms with E-state index in [1.54, 1.807) is 10.7 Å². The smallest absolute Gasteiger partial charge is 0.226 e. The first-order valence-corrected chi connectivity index (χ1v) is 5.42. The number of hydrogen-bond acceptors (Lipinski definition) is 3. The van der Waals surface area contributed by atoms with Crippen LogP contribution in [0.4, 0.5) is 0 Å². The molecule has 2 aromatic rings. The van der Waals surface area contributed by atoms with Gasteiger partial charge in [-0.2, -0.15) is 5.10 Å². The minimum atomic E-state index is -0.0397. The topological polar surface area (TPSA) is 43.9 Å². The first-order chi connectivity index (χ1) is 7.38. The molecule has 0 spiro atoms. The normalized spacial score (nSPS) is 12.1. The van der Waals surface area contributed by atoms with Gasteiger partial charge in [-0.3, -0.25) is 4.68 Å². The molecule has 0 saturated carbocycles.